The summed E-state index contributed by atoms with van der Waals surface area (Å²) < 4.78 is 63.3. The van der Waals surface area contributed by atoms with Crippen LogP contribution >= 0.6 is 0 Å². The van der Waals surface area contributed by atoms with Crippen LogP contribution in [-0.2, 0) is 16.0 Å². The molecule has 0 saturated carbocycles. The summed E-state index contributed by atoms with van der Waals surface area (Å²) >= 11 is 0. The Morgan fingerprint density at radius 1 is 1.00 bits per heavy atom. The van der Waals surface area contributed by atoms with E-state index in [1.165, 1.54) is 30.3 Å². The van der Waals surface area contributed by atoms with Gasteiger partial charge in [-0.15, -0.1) is 0 Å². The predicted octanol–water partition coefficient (Wildman–Crippen LogP) is 4.74. The second-order valence-electron chi connectivity index (χ2n) is 7.39. The first kappa shape index (κ1) is 22.1. The quantitative estimate of drug-likeness (QED) is 0.746. The lowest BCUT2D eigenvalue weighted by atomic mass is 10.1. The zero-order valence-corrected chi connectivity index (χ0v) is 17.3. The lowest BCUT2D eigenvalue weighted by Gasteiger charge is -2.26. The molecule has 0 bridgehead atoms. The fraction of sp³-hybridized carbons (Fsp3) is 0.381. The highest BCUT2D eigenvalue weighted by atomic mass is 32.2. The molecule has 2 aromatic carbocycles. The summed E-state index contributed by atoms with van der Waals surface area (Å²) in [6.45, 7) is 1.38. The van der Waals surface area contributed by atoms with E-state index in [1.807, 2.05) is 4.90 Å². The van der Waals surface area contributed by atoms with Crippen LogP contribution < -0.4 is 10.2 Å². The maximum absolute atomic E-state index is 13.3. The number of carbonyl (C=O) groups is 1. The molecule has 0 atom stereocenters. The second kappa shape index (κ2) is 8.67. The standard InChI is InChI=1S/C21H23F3N2O3S/c1-30(28,29)17-8-6-7-15(13-17)20(27)25-18-14-16(21(22,23)24)9-10-19(18)26-11-4-2-3-5-12-26/h6-10,13-14H,2-5,11-12H2,1H3,(H,25,27). The lowest BCUT2D eigenvalue weighted by Crippen LogP contribution is -2.26. The molecule has 30 heavy (non-hydrogen) atoms. The van der Waals surface area contributed by atoms with Crippen LogP contribution in [0.2, 0.25) is 0 Å². The number of anilines is 2. The van der Waals surface area contributed by atoms with Crippen LogP contribution in [-0.4, -0.2) is 33.7 Å². The Balaban J connectivity index is 1.97. The fourth-order valence-electron chi connectivity index (χ4n) is 3.46. The van der Waals surface area contributed by atoms with Gasteiger partial charge in [-0.3, -0.25) is 4.79 Å². The number of carbonyl (C=O) groups excluding carboxylic acids is 1. The van der Waals surface area contributed by atoms with Crippen molar-refractivity contribution in [3.63, 3.8) is 0 Å². The van der Waals surface area contributed by atoms with Gasteiger partial charge in [0.1, 0.15) is 0 Å². The first-order valence-electron chi connectivity index (χ1n) is 9.63. The smallest absolute Gasteiger partial charge is 0.370 e. The zero-order chi connectivity index (χ0) is 21.9. The SMILES string of the molecule is CS(=O)(=O)c1cccc(C(=O)Nc2cc(C(F)(F)F)ccc2N2CCCCCC2)c1. The molecule has 0 radical (unpaired) electrons. The zero-order valence-electron chi connectivity index (χ0n) is 16.5. The van der Waals surface area contributed by atoms with E-state index < -0.39 is 27.5 Å². The van der Waals surface area contributed by atoms with Crippen LogP contribution in [0.4, 0.5) is 24.5 Å². The molecule has 162 valence electrons. The van der Waals surface area contributed by atoms with E-state index in [0.29, 0.717) is 18.8 Å². The molecule has 1 aliphatic rings. The van der Waals surface area contributed by atoms with E-state index in [2.05, 4.69) is 5.32 Å². The summed E-state index contributed by atoms with van der Waals surface area (Å²) in [6.07, 6.45) is 0.422. The van der Waals surface area contributed by atoms with Gasteiger partial charge in [-0.2, -0.15) is 13.2 Å². The van der Waals surface area contributed by atoms with Gasteiger partial charge in [0.25, 0.3) is 5.91 Å². The van der Waals surface area contributed by atoms with E-state index in [-0.39, 0.29) is 16.1 Å². The Labute approximate surface area is 173 Å². The molecule has 1 aliphatic heterocycles. The summed E-state index contributed by atoms with van der Waals surface area (Å²) in [7, 11) is -3.52. The van der Waals surface area contributed by atoms with Crippen molar-refractivity contribution in [2.24, 2.45) is 0 Å². The number of sulfone groups is 1. The third kappa shape index (κ3) is 5.33. The van der Waals surface area contributed by atoms with Crippen molar-refractivity contribution in [3.05, 3.63) is 53.6 Å². The third-order valence-corrected chi connectivity index (χ3v) is 6.15. The Morgan fingerprint density at radius 3 is 2.27 bits per heavy atom. The Bertz CT molecular complexity index is 1030. The van der Waals surface area contributed by atoms with Gasteiger partial charge in [-0.25, -0.2) is 8.42 Å². The molecule has 3 rings (SSSR count). The minimum atomic E-state index is -4.55. The summed E-state index contributed by atoms with van der Waals surface area (Å²) in [4.78, 5) is 14.7. The normalized spacial score (nSPS) is 15.5. The van der Waals surface area contributed by atoms with Gasteiger partial charge in [-0.05, 0) is 49.2 Å². The van der Waals surface area contributed by atoms with Crippen molar-refractivity contribution < 1.29 is 26.4 Å². The maximum atomic E-state index is 13.3. The monoisotopic (exact) mass is 440 g/mol. The molecule has 9 heteroatoms. The molecule has 1 fully saturated rings. The summed E-state index contributed by atoms with van der Waals surface area (Å²) in [6, 6.07) is 8.74. The first-order chi connectivity index (χ1) is 14.1. The number of alkyl halides is 3. The average molecular weight is 440 g/mol. The van der Waals surface area contributed by atoms with Crippen molar-refractivity contribution in [1.29, 1.82) is 0 Å². The molecule has 2 aromatic rings. The van der Waals surface area contributed by atoms with Crippen molar-refractivity contribution in [2.45, 2.75) is 36.8 Å². The third-order valence-electron chi connectivity index (χ3n) is 5.04. The van der Waals surface area contributed by atoms with Gasteiger partial charge in [-0.1, -0.05) is 18.9 Å². The van der Waals surface area contributed by atoms with Gasteiger partial charge in [0.15, 0.2) is 9.84 Å². The number of nitrogens with zero attached hydrogens (tertiary/aromatic N) is 1. The Morgan fingerprint density at radius 2 is 1.67 bits per heavy atom. The Kier molecular flexibility index (Phi) is 6.40. The molecule has 0 aliphatic carbocycles. The highest BCUT2D eigenvalue weighted by molar-refractivity contribution is 7.90. The number of hydrogen-bond acceptors (Lipinski definition) is 4. The minimum Gasteiger partial charge on any atom is -0.370 e. The van der Waals surface area contributed by atoms with E-state index in [0.717, 1.165) is 44.1 Å². The highest BCUT2D eigenvalue weighted by Gasteiger charge is 2.32. The van der Waals surface area contributed by atoms with Gasteiger partial charge in [0.05, 0.1) is 21.8 Å². The van der Waals surface area contributed by atoms with E-state index in [1.54, 1.807) is 0 Å². The van der Waals surface area contributed by atoms with Gasteiger partial charge < -0.3 is 10.2 Å². The topological polar surface area (TPSA) is 66.5 Å². The van der Waals surface area contributed by atoms with Crippen LogP contribution in [0.1, 0.15) is 41.6 Å². The summed E-state index contributed by atoms with van der Waals surface area (Å²) in [5.74, 6) is -0.670. The van der Waals surface area contributed by atoms with Crippen molar-refractivity contribution in [3.8, 4) is 0 Å². The fourth-order valence-corrected chi connectivity index (χ4v) is 4.13. The van der Waals surface area contributed by atoms with Crippen molar-refractivity contribution >= 4 is 27.1 Å². The Hall–Kier alpha value is -2.55. The van der Waals surface area contributed by atoms with E-state index in [9.17, 15) is 26.4 Å². The first-order valence-corrected chi connectivity index (χ1v) is 11.5. The van der Waals surface area contributed by atoms with E-state index in [4.69, 9.17) is 0 Å². The van der Waals surface area contributed by atoms with Crippen LogP contribution in [0.15, 0.2) is 47.4 Å². The molecule has 0 spiro atoms. The minimum absolute atomic E-state index is 0.0352. The second-order valence-corrected chi connectivity index (χ2v) is 9.40. The molecular weight excluding hydrogens is 417 g/mol. The number of halogens is 3. The molecule has 1 amide bonds. The summed E-state index contributed by atoms with van der Waals surface area (Å²) in [5, 5.41) is 2.56. The molecule has 1 N–H and O–H groups in total. The maximum Gasteiger partial charge on any atom is 0.416 e. The van der Waals surface area contributed by atoms with Gasteiger partial charge in [0.2, 0.25) is 0 Å². The molecule has 0 unspecified atom stereocenters. The molecule has 5 nitrogen and oxygen atoms in total. The predicted molar refractivity (Wildman–Crippen MR) is 110 cm³/mol. The largest absolute Gasteiger partial charge is 0.416 e. The number of amides is 1. The molecule has 1 saturated heterocycles. The number of hydrogen-bond donors (Lipinski definition) is 1. The van der Waals surface area contributed by atoms with Crippen LogP contribution in [0, 0.1) is 0 Å². The van der Waals surface area contributed by atoms with E-state index >= 15 is 0 Å². The number of nitrogens with one attached hydrogen (secondary N) is 1. The lowest BCUT2D eigenvalue weighted by molar-refractivity contribution is -0.137. The van der Waals surface area contributed by atoms with Gasteiger partial charge in [0, 0.05) is 24.9 Å². The van der Waals surface area contributed by atoms with Crippen LogP contribution in [0.25, 0.3) is 0 Å². The molecule has 1 heterocycles. The average Bonchev–Trinajstić information content (AvgIpc) is 2.96. The molecule has 0 aromatic heterocycles. The van der Waals surface area contributed by atoms with Crippen LogP contribution in [0.3, 0.4) is 0 Å². The van der Waals surface area contributed by atoms with Crippen molar-refractivity contribution in [2.75, 3.05) is 29.6 Å². The van der Waals surface area contributed by atoms with Crippen LogP contribution in [0.5, 0.6) is 0 Å². The summed E-state index contributed by atoms with van der Waals surface area (Å²) in [5.41, 5.74) is -0.225. The highest BCUT2D eigenvalue weighted by Crippen LogP contribution is 2.36. The van der Waals surface area contributed by atoms with Crippen molar-refractivity contribution in [1.82, 2.24) is 0 Å². The molecular formula is C21H23F3N2O3S. The number of benzene rings is 2. The number of rotatable bonds is 4. The van der Waals surface area contributed by atoms with Gasteiger partial charge >= 0.3 is 6.18 Å².